The average molecular weight is 358 g/mol. The summed E-state index contributed by atoms with van der Waals surface area (Å²) in [4.78, 5) is 28.8. The van der Waals surface area contributed by atoms with Gasteiger partial charge in [0.25, 0.3) is 5.91 Å². The number of thiophene rings is 1. The summed E-state index contributed by atoms with van der Waals surface area (Å²) in [7, 11) is 0. The van der Waals surface area contributed by atoms with Gasteiger partial charge in [0.15, 0.2) is 5.76 Å². The van der Waals surface area contributed by atoms with Crippen LogP contribution in [0.1, 0.15) is 60.0 Å². The van der Waals surface area contributed by atoms with Crippen LogP contribution < -0.4 is 5.32 Å². The van der Waals surface area contributed by atoms with Gasteiger partial charge < -0.3 is 14.6 Å². The van der Waals surface area contributed by atoms with E-state index in [0.717, 1.165) is 43.4 Å². The SMILES string of the molecule is O=C(NC1CCCC1)C(c1cccs1)N(C(=O)c1ccco1)C1CC1. The summed E-state index contributed by atoms with van der Waals surface area (Å²) in [5.74, 6) is 0.0238. The minimum atomic E-state index is -0.578. The molecular weight excluding hydrogens is 336 g/mol. The standard InChI is InChI=1S/C19H22N2O3S/c22-18(20-13-5-1-2-6-13)17(16-8-4-12-25-16)21(14-9-10-14)19(23)15-7-3-11-24-15/h3-4,7-8,11-14,17H,1-2,5-6,9-10H2,(H,20,22). The molecule has 2 aliphatic rings. The van der Waals surface area contributed by atoms with Crippen LogP contribution in [0.4, 0.5) is 0 Å². The van der Waals surface area contributed by atoms with Gasteiger partial charge in [-0.05, 0) is 49.3 Å². The monoisotopic (exact) mass is 358 g/mol. The third-order valence-corrected chi connectivity index (χ3v) is 5.87. The minimum Gasteiger partial charge on any atom is -0.459 e. The van der Waals surface area contributed by atoms with Gasteiger partial charge >= 0.3 is 0 Å². The van der Waals surface area contributed by atoms with Crippen molar-refractivity contribution in [3.8, 4) is 0 Å². The molecule has 2 fully saturated rings. The van der Waals surface area contributed by atoms with Gasteiger partial charge in [-0.2, -0.15) is 0 Å². The van der Waals surface area contributed by atoms with Crippen molar-refractivity contribution in [3.63, 3.8) is 0 Å². The molecule has 2 amide bonds. The molecule has 1 atom stereocenters. The molecule has 2 aromatic heterocycles. The summed E-state index contributed by atoms with van der Waals surface area (Å²) in [6.07, 6.45) is 7.74. The van der Waals surface area contributed by atoms with Gasteiger partial charge in [-0.3, -0.25) is 9.59 Å². The first-order valence-corrected chi connectivity index (χ1v) is 9.82. The molecule has 0 radical (unpaired) electrons. The van der Waals surface area contributed by atoms with E-state index < -0.39 is 6.04 Å². The zero-order valence-electron chi connectivity index (χ0n) is 14.0. The number of carbonyl (C=O) groups excluding carboxylic acids is 2. The summed E-state index contributed by atoms with van der Waals surface area (Å²) in [6.45, 7) is 0. The Hall–Kier alpha value is -2.08. The average Bonchev–Trinajstić information content (AvgIpc) is 3.10. The minimum absolute atomic E-state index is 0.0684. The number of hydrogen-bond acceptors (Lipinski definition) is 4. The van der Waals surface area contributed by atoms with Crippen molar-refractivity contribution < 1.29 is 14.0 Å². The Morgan fingerprint density at radius 1 is 1.16 bits per heavy atom. The van der Waals surface area contributed by atoms with Crippen LogP contribution in [0, 0.1) is 0 Å². The first-order valence-electron chi connectivity index (χ1n) is 8.94. The molecule has 0 spiro atoms. The topological polar surface area (TPSA) is 62.6 Å². The molecule has 0 aromatic carbocycles. The molecule has 4 rings (SSSR count). The zero-order chi connectivity index (χ0) is 17.2. The Balaban J connectivity index is 1.63. The van der Waals surface area contributed by atoms with Crippen molar-refractivity contribution in [1.82, 2.24) is 10.2 Å². The van der Waals surface area contributed by atoms with Crippen molar-refractivity contribution in [3.05, 3.63) is 46.5 Å². The maximum atomic E-state index is 13.1. The van der Waals surface area contributed by atoms with Crippen LogP contribution in [0.5, 0.6) is 0 Å². The second-order valence-electron chi connectivity index (χ2n) is 6.83. The number of hydrogen-bond donors (Lipinski definition) is 1. The number of furan rings is 1. The lowest BCUT2D eigenvalue weighted by molar-refractivity contribution is -0.126. The molecule has 0 bridgehead atoms. The molecule has 2 aromatic rings. The molecule has 132 valence electrons. The van der Waals surface area contributed by atoms with Crippen molar-refractivity contribution in [2.24, 2.45) is 0 Å². The highest BCUT2D eigenvalue weighted by Crippen LogP contribution is 2.37. The fraction of sp³-hybridized carbons (Fsp3) is 0.474. The predicted octanol–water partition coefficient (Wildman–Crippen LogP) is 3.75. The van der Waals surface area contributed by atoms with Crippen molar-refractivity contribution in [2.75, 3.05) is 0 Å². The van der Waals surface area contributed by atoms with Crippen molar-refractivity contribution in [2.45, 2.75) is 56.7 Å². The summed E-state index contributed by atoms with van der Waals surface area (Å²) < 4.78 is 5.32. The van der Waals surface area contributed by atoms with Gasteiger partial charge in [0.05, 0.1) is 6.26 Å². The Bertz CT molecular complexity index is 716. The van der Waals surface area contributed by atoms with Crippen molar-refractivity contribution in [1.29, 1.82) is 0 Å². The lowest BCUT2D eigenvalue weighted by Gasteiger charge is -2.30. The number of nitrogens with one attached hydrogen (secondary N) is 1. The van der Waals surface area contributed by atoms with E-state index in [1.165, 1.54) is 17.6 Å². The normalized spacial score (nSPS) is 18.9. The molecular formula is C19H22N2O3S. The molecule has 2 saturated carbocycles. The maximum Gasteiger partial charge on any atom is 0.290 e. The Morgan fingerprint density at radius 2 is 1.96 bits per heavy atom. The van der Waals surface area contributed by atoms with E-state index >= 15 is 0 Å². The Morgan fingerprint density at radius 3 is 2.56 bits per heavy atom. The molecule has 6 heteroatoms. The van der Waals surface area contributed by atoms with Crippen LogP contribution in [0.15, 0.2) is 40.3 Å². The van der Waals surface area contributed by atoms with Gasteiger partial charge in [-0.15, -0.1) is 11.3 Å². The third kappa shape index (κ3) is 3.49. The molecule has 5 nitrogen and oxygen atoms in total. The predicted molar refractivity (Wildman–Crippen MR) is 95.4 cm³/mol. The lowest BCUT2D eigenvalue weighted by atomic mass is 10.1. The zero-order valence-corrected chi connectivity index (χ0v) is 14.8. The highest BCUT2D eigenvalue weighted by Gasteiger charge is 2.43. The quantitative estimate of drug-likeness (QED) is 0.855. The molecule has 2 heterocycles. The second-order valence-corrected chi connectivity index (χ2v) is 7.81. The van der Waals surface area contributed by atoms with E-state index in [4.69, 9.17) is 4.42 Å². The molecule has 0 saturated heterocycles. The first-order chi connectivity index (χ1) is 12.2. The second kappa shape index (κ2) is 7.04. The maximum absolute atomic E-state index is 13.1. The smallest absolute Gasteiger partial charge is 0.290 e. The summed E-state index contributed by atoms with van der Waals surface area (Å²) in [6, 6.07) is 7.00. The lowest BCUT2D eigenvalue weighted by Crippen LogP contribution is -2.46. The number of rotatable bonds is 6. The first kappa shape index (κ1) is 16.4. The van der Waals surface area contributed by atoms with E-state index in [-0.39, 0.29) is 23.9 Å². The van der Waals surface area contributed by atoms with Crippen LogP contribution in [0.2, 0.25) is 0 Å². The van der Waals surface area contributed by atoms with Crippen LogP contribution in [0.3, 0.4) is 0 Å². The van der Waals surface area contributed by atoms with Crippen LogP contribution >= 0.6 is 11.3 Å². The van der Waals surface area contributed by atoms with Gasteiger partial charge in [-0.25, -0.2) is 0 Å². The molecule has 0 aliphatic heterocycles. The van der Waals surface area contributed by atoms with Crippen molar-refractivity contribution >= 4 is 23.2 Å². The van der Waals surface area contributed by atoms with Crippen LogP contribution in [-0.4, -0.2) is 28.8 Å². The molecule has 1 unspecified atom stereocenters. The number of nitrogens with zero attached hydrogens (tertiary/aromatic N) is 1. The largest absolute Gasteiger partial charge is 0.459 e. The van der Waals surface area contributed by atoms with E-state index in [1.54, 1.807) is 17.0 Å². The summed E-state index contributed by atoms with van der Waals surface area (Å²) in [5, 5.41) is 5.13. The molecule has 25 heavy (non-hydrogen) atoms. The highest BCUT2D eigenvalue weighted by atomic mass is 32.1. The van der Waals surface area contributed by atoms with Gasteiger partial charge in [0, 0.05) is 17.0 Å². The Labute approximate surface area is 151 Å². The van der Waals surface area contributed by atoms with E-state index in [0.29, 0.717) is 5.76 Å². The van der Waals surface area contributed by atoms with E-state index in [9.17, 15) is 9.59 Å². The third-order valence-electron chi connectivity index (χ3n) is 4.95. The molecule has 1 N–H and O–H groups in total. The number of carbonyl (C=O) groups is 2. The van der Waals surface area contributed by atoms with Gasteiger partial charge in [0.2, 0.25) is 5.91 Å². The summed E-state index contributed by atoms with van der Waals surface area (Å²) in [5.41, 5.74) is 0. The fourth-order valence-electron chi connectivity index (χ4n) is 3.56. The number of amides is 2. The highest BCUT2D eigenvalue weighted by molar-refractivity contribution is 7.10. The van der Waals surface area contributed by atoms with Crippen LogP contribution in [0.25, 0.3) is 0 Å². The van der Waals surface area contributed by atoms with Gasteiger partial charge in [-0.1, -0.05) is 18.9 Å². The molecule has 2 aliphatic carbocycles. The van der Waals surface area contributed by atoms with Crippen LogP contribution in [-0.2, 0) is 4.79 Å². The van der Waals surface area contributed by atoms with E-state index in [2.05, 4.69) is 5.32 Å². The Kier molecular flexibility index (Phi) is 4.61. The van der Waals surface area contributed by atoms with E-state index in [1.807, 2.05) is 17.5 Å². The fourth-order valence-corrected chi connectivity index (χ4v) is 4.38. The summed E-state index contributed by atoms with van der Waals surface area (Å²) >= 11 is 1.52. The van der Waals surface area contributed by atoms with Gasteiger partial charge in [0.1, 0.15) is 6.04 Å².